The number of carbonyl (C=O) groups is 1. The third-order valence-electron chi connectivity index (χ3n) is 5.50. The first kappa shape index (κ1) is 26.6. The summed E-state index contributed by atoms with van der Waals surface area (Å²) in [5, 5.41) is 2.77. The molecule has 0 aliphatic rings. The number of hydrogen-bond donors (Lipinski definition) is 1. The zero-order valence-electron chi connectivity index (χ0n) is 20.9. The van der Waals surface area contributed by atoms with Gasteiger partial charge in [0.15, 0.2) is 11.6 Å². The van der Waals surface area contributed by atoms with Gasteiger partial charge in [-0.1, -0.05) is 30.3 Å². The van der Waals surface area contributed by atoms with Gasteiger partial charge in [0, 0.05) is 42.2 Å². The van der Waals surface area contributed by atoms with Gasteiger partial charge in [-0.3, -0.25) is 9.59 Å². The van der Waals surface area contributed by atoms with Gasteiger partial charge in [0.25, 0.3) is 5.56 Å². The average Bonchev–Trinajstić information content (AvgIpc) is 2.89. The van der Waals surface area contributed by atoms with Crippen molar-refractivity contribution < 1.29 is 27.8 Å². The van der Waals surface area contributed by atoms with E-state index in [4.69, 9.17) is 14.2 Å². The molecule has 7 nitrogen and oxygen atoms in total. The summed E-state index contributed by atoms with van der Waals surface area (Å²) < 4.78 is 46.2. The zero-order chi connectivity index (χ0) is 27.1. The van der Waals surface area contributed by atoms with Gasteiger partial charge in [0.2, 0.25) is 5.91 Å². The predicted molar refractivity (Wildman–Crippen MR) is 139 cm³/mol. The van der Waals surface area contributed by atoms with Crippen molar-refractivity contribution in [3.8, 4) is 28.4 Å². The quantitative estimate of drug-likeness (QED) is 0.291. The van der Waals surface area contributed by atoms with Crippen LogP contribution in [0, 0.1) is 11.6 Å². The number of hydrogen-bond acceptors (Lipinski definition) is 5. The standard InChI is InChI=1S/C29H26F2N2O5/c1-3-37-27-15-29(35)33(2)16-23(27)22-14-21(32-28(34)18-36-17-19-7-5-4-6-8-19)10-12-25(22)38-26-11-9-20(30)13-24(26)31/h4-16H,3,17-18H2,1-2H3,(H,32,34). The molecule has 1 N–H and O–H groups in total. The van der Waals surface area contributed by atoms with Crippen LogP contribution in [0.1, 0.15) is 12.5 Å². The van der Waals surface area contributed by atoms with Crippen molar-refractivity contribution in [3.63, 3.8) is 0 Å². The highest BCUT2D eigenvalue weighted by Gasteiger charge is 2.18. The third-order valence-corrected chi connectivity index (χ3v) is 5.50. The van der Waals surface area contributed by atoms with Crippen LogP contribution in [0.15, 0.2) is 83.8 Å². The Morgan fingerprint density at radius 1 is 0.921 bits per heavy atom. The lowest BCUT2D eigenvalue weighted by atomic mass is 10.0. The minimum atomic E-state index is -0.880. The van der Waals surface area contributed by atoms with Gasteiger partial charge >= 0.3 is 0 Å². The molecule has 0 bridgehead atoms. The molecule has 0 spiro atoms. The molecule has 1 amide bonds. The van der Waals surface area contributed by atoms with Crippen LogP contribution in [0.3, 0.4) is 0 Å². The zero-order valence-corrected chi connectivity index (χ0v) is 20.9. The van der Waals surface area contributed by atoms with Gasteiger partial charge in [-0.15, -0.1) is 0 Å². The van der Waals surface area contributed by atoms with Gasteiger partial charge in [-0.2, -0.15) is 0 Å². The summed E-state index contributed by atoms with van der Waals surface area (Å²) in [5.74, 6) is -1.70. The Labute approximate surface area is 218 Å². The second-order valence-corrected chi connectivity index (χ2v) is 8.35. The number of pyridine rings is 1. The number of aromatic nitrogens is 1. The molecule has 196 valence electrons. The van der Waals surface area contributed by atoms with Crippen LogP contribution in [0.4, 0.5) is 14.5 Å². The molecule has 4 rings (SSSR count). The monoisotopic (exact) mass is 520 g/mol. The average molecular weight is 521 g/mol. The van der Waals surface area contributed by atoms with Crippen LogP contribution >= 0.6 is 0 Å². The van der Waals surface area contributed by atoms with Crippen molar-refractivity contribution in [2.24, 2.45) is 7.05 Å². The van der Waals surface area contributed by atoms with E-state index in [1.165, 1.54) is 16.7 Å². The molecule has 1 heterocycles. The molecule has 3 aromatic carbocycles. The Balaban J connectivity index is 1.64. The van der Waals surface area contributed by atoms with E-state index in [0.717, 1.165) is 17.7 Å². The van der Waals surface area contributed by atoms with E-state index in [1.807, 2.05) is 30.3 Å². The summed E-state index contributed by atoms with van der Waals surface area (Å²) in [7, 11) is 1.58. The van der Waals surface area contributed by atoms with Gasteiger partial charge < -0.3 is 24.1 Å². The Morgan fingerprint density at radius 3 is 2.42 bits per heavy atom. The fourth-order valence-corrected chi connectivity index (χ4v) is 3.71. The van der Waals surface area contributed by atoms with E-state index in [1.54, 1.807) is 38.4 Å². The first-order valence-electron chi connectivity index (χ1n) is 11.9. The maximum Gasteiger partial charge on any atom is 0.254 e. The number of nitrogens with zero attached hydrogens (tertiary/aromatic N) is 1. The summed E-state index contributed by atoms with van der Waals surface area (Å²) in [4.78, 5) is 24.8. The van der Waals surface area contributed by atoms with E-state index >= 15 is 0 Å². The maximum absolute atomic E-state index is 14.4. The molecule has 1 aromatic heterocycles. The van der Waals surface area contributed by atoms with E-state index in [9.17, 15) is 18.4 Å². The molecule has 0 aliphatic carbocycles. The summed E-state index contributed by atoms with van der Waals surface area (Å²) in [6.45, 7) is 2.18. The molecule has 0 aliphatic heterocycles. The number of rotatable bonds is 10. The van der Waals surface area contributed by atoms with Crippen molar-refractivity contribution in [2.75, 3.05) is 18.5 Å². The maximum atomic E-state index is 14.4. The predicted octanol–water partition coefficient (Wildman–Crippen LogP) is 5.68. The molecule has 4 aromatic rings. The molecule has 0 atom stereocenters. The smallest absolute Gasteiger partial charge is 0.254 e. The summed E-state index contributed by atoms with van der Waals surface area (Å²) in [6, 6.07) is 18.5. The molecule has 38 heavy (non-hydrogen) atoms. The molecular formula is C29H26F2N2O5. The minimum absolute atomic E-state index is 0.173. The lowest BCUT2D eigenvalue weighted by molar-refractivity contribution is -0.121. The number of amides is 1. The molecular weight excluding hydrogens is 494 g/mol. The van der Waals surface area contributed by atoms with Crippen LogP contribution in [-0.2, 0) is 23.2 Å². The van der Waals surface area contributed by atoms with Crippen molar-refractivity contribution in [3.05, 3.63) is 107 Å². The Kier molecular flexibility index (Phi) is 8.50. The van der Waals surface area contributed by atoms with Gasteiger partial charge in [0.1, 0.15) is 23.9 Å². The SMILES string of the molecule is CCOc1cc(=O)n(C)cc1-c1cc(NC(=O)COCc2ccccc2)ccc1Oc1ccc(F)cc1F. The number of carbonyl (C=O) groups excluding carboxylic acids is 1. The van der Waals surface area contributed by atoms with E-state index < -0.39 is 11.6 Å². The second kappa shape index (κ2) is 12.2. The third kappa shape index (κ3) is 6.63. The summed E-state index contributed by atoms with van der Waals surface area (Å²) in [5.41, 5.74) is 1.95. The number of halogens is 2. The highest BCUT2D eigenvalue weighted by Crippen LogP contribution is 2.40. The van der Waals surface area contributed by atoms with Crippen molar-refractivity contribution in [1.82, 2.24) is 4.57 Å². The molecule has 9 heteroatoms. The molecule has 0 fully saturated rings. The van der Waals surface area contributed by atoms with Crippen molar-refractivity contribution in [2.45, 2.75) is 13.5 Å². The number of benzene rings is 3. The molecule has 0 unspecified atom stereocenters. The van der Waals surface area contributed by atoms with Crippen LogP contribution in [-0.4, -0.2) is 23.7 Å². The van der Waals surface area contributed by atoms with Crippen molar-refractivity contribution in [1.29, 1.82) is 0 Å². The van der Waals surface area contributed by atoms with Crippen LogP contribution in [0.5, 0.6) is 17.2 Å². The number of nitrogens with one attached hydrogen (secondary N) is 1. The largest absolute Gasteiger partial charge is 0.493 e. The van der Waals surface area contributed by atoms with Crippen LogP contribution < -0.4 is 20.3 Å². The van der Waals surface area contributed by atoms with E-state index in [2.05, 4.69) is 5.32 Å². The van der Waals surface area contributed by atoms with Crippen LogP contribution in [0.25, 0.3) is 11.1 Å². The summed E-state index contributed by atoms with van der Waals surface area (Å²) in [6.07, 6.45) is 1.56. The van der Waals surface area contributed by atoms with Crippen LogP contribution in [0.2, 0.25) is 0 Å². The molecule has 0 radical (unpaired) electrons. The Morgan fingerprint density at radius 2 is 1.68 bits per heavy atom. The summed E-state index contributed by atoms with van der Waals surface area (Å²) >= 11 is 0. The molecule has 0 saturated carbocycles. The first-order chi connectivity index (χ1) is 18.3. The number of ether oxygens (including phenoxy) is 3. The fraction of sp³-hybridized carbons (Fsp3) is 0.172. The number of anilines is 1. The highest BCUT2D eigenvalue weighted by molar-refractivity contribution is 5.93. The minimum Gasteiger partial charge on any atom is -0.493 e. The highest BCUT2D eigenvalue weighted by atomic mass is 19.1. The topological polar surface area (TPSA) is 78.8 Å². The van der Waals surface area contributed by atoms with Gasteiger partial charge in [0.05, 0.1) is 13.2 Å². The normalized spacial score (nSPS) is 10.7. The Bertz CT molecular complexity index is 1490. The Hall–Kier alpha value is -4.50. The van der Waals surface area contributed by atoms with Crippen molar-refractivity contribution >= 4 is 11.6 Å². The lowest BCUT2D eigenvalue weighted by Crippen LogP contribution is -2.18. The van der Waals surface area contributed by atoms with Gasteiger partial charge in [-0.05, 0) is 42.8 Å². The fourth-order valence-electron chi connectivity index (χ4n) is 3.71. The molecule has 0 saturated heterocycles. The van der Waals surface area contributed by atoms with E-state index in [-0.39, 0.29) is 48.5 Å². The number of aryl methyl sites for hydroxylation is 1. The van der Waals surface area contributed by atoms with E-state index in [0.29, 0.717) is 16.8 Å². The van der Waals surface area contributed by atoms with Gasteiger partial charge in [-0.25, -0.2) is 8.78 Å². The lowest BCUT2D eigenvalue weighted by Gasteiger charge is -2.17. The first-order valence-corrected chi connectivity index (χ1v) is 11.9. The second-order valence-electron chi connectivity index (χ2n) is 8.35.